The van der Waals surface area contributed by atoms with Crippen molar-refractivity contribution >= 4 is 5.84 Å². The fourth-order valence-electron chi connectivity index (χ4n) is 1.20. The fraction of sp³-hybridized carbons (Fsp3) is 0.889. The van der Waals surface area contributed by atoms with Crippen molar-refractivity contribution in [2.75, 3.05) is 6.61 Å². The van der Waals surface area contributed by atoms with Crippen molar-refractivity contribution in [2.45, 2.75) is 39.3 Å². The number of amidine groups is 1. The van der Waals surface area contributed by atoms with E-state index in [9.17, 15) is 0 Å². The molecular formula is C9H21N3O2. The summed E-state index contributed by atoms with van der Waals surface area (Å²) in [5, 5.41) is 23.7. The summed E-state index contributed by atoms with van der Waals surface area (Å²) in [5.74, 6) is 0.465. The van der Waals surface area contributed by atoms with E-state index in [1.54, 1.807) is 0 Å². The Kier molecular flexibility index (Phi) is 6.23. The van der Waals surface area contributed by atoms with Crippen LogP contribution in [-0.4, -0.2) is 34.8 Å². The molecule has 0 radical (unpaired) electrons. The van der Waals surface area contributed by atoms with E-state index >= 15 is 0 Å². The van der Waals surface area contributed by atoms with Gasteiger partial charge in [-0.25, -0.2) is 0 Å². The van der Waals surface area contributed by atoms with Crippen LogP contribution in [0.3, 0.4) is 0 Å². The quantitative estimate of drug-likeness (QED) is 0.213. The standard InChI is InChI=1S/C9H21N3O2/c1-4-7(9(10)12-14)11-8(5-13)6(2)3/h6-8,11,13-14H,4-5H2,1-3H3,(H2,10,12). The average molecular weight is 203 g/mol. The van der Waals surface area contributed by atoms with Gasteiger partial charge in [-0.2, -0.15) is 0 Å². The van der Waals surface area contributed by atoms with E-state index in [1.807, 2.05) is 20.8 Å². The van der Waals surface area contributed by atoms with Gasteiger partial charge in [0.05, 0.1) is 12.6 Å². The number of nitrogens with one attached hydrogen (secondary N) is 1. The molecule has 0 aromatic rings. The molecule has 5 heteroatoms. The third kappa shape index (κ3) is 3.93. The van der Waals surface area contributed by atoms with Gasteiger partial charge in [-0.1, -0.05) is 25.9 Å². The largest absolute Gasteiger partial charge is 0.409 e. The number of aliphatic hydroxyl groups excluding tert-OH is 1. The summed E-state index contributed by atoms with van der Waals surface area (Å²) < 4.78 is 0. The highest BCUT2D eigenvalue weighted by Gasteiger charge is 2.18. The van der Waals surface area contributed by atoms with Crippen LogP contribution in [0.4, 0.5) is 0 Å². The van der Waals surface area contributed by atoms with Crippen molar-refractivity contribution in [1.29, 1.82) is 0 Å². The second-order valence-electron chi connectivity index (χ2n) is 3.69. The number of rotatable bonds is 6. The second kappa shape index (κ2) is 6.62. The summed E-state index contributed by atoms with van der Waals surface area (Å²) in [6, 6.07) is -0.209. The maximum absolute atomic E-state index is 9.09. The van der Waals surface area contributed by atoms with Crippen molar-refractivity contribution < 1.29 is 10.3 Å². The molecule has 2 atom stereocenters. The Bertz CT molecular complexity index is 183. The molecule has 0 aliphatic heterocycles. The molecule has 0 spiro atoms. The van der Waals surface area contributed by atoms with E-state index in [-0.39, 0.29) is 24.5 Å². The van der Waals surface area contributed by atoms with Gasteiger partial charge in [0.2, 0.25) is 0 Å². The topological polar surface area (TPSA) is 90.9 Å². The number of oxime groups is 1. The lowest BCUT2D eigenvalue weighted by atomic mass is 10.0. The number of nitrogens with zero attached hydrogens (tertiary/aromatic N) is 1. The first-order valence-corrected chi connectivity index (χ1v) is 4.91. The smallest absolute Gasteiger partial charge is 0.156 e. The summed E-state index contributed by atoms with van der Waals surface area (Å²) in [4.78, 5) is 0. The van der Waals surface area contributed by atoms with E-state index in [2.05, 4.69) is 10.5 Å². The Morgan fingerprint density at radius 3 is 2.36 bits per heavy atom. The molecule has 84 valence electrons. The molecule has 0 saturated carbocycles. The first-order chi connectivity index (χ1) is 6.56. The lowest BCUT2D eigenvalue weighted by Crippen LogP contribution is -2.49. The van der Waals surface area contributed by atoms with Crippen LogP contribution in [0.2, 0.25) is 0 Å². The van der Waals surface area contributed by atoms with Crippen molar-refractivity contribution in [2.24, 2.45) is 16.8 Å². The van der Waals surface area contributed by atoms with E-state index < -0.39 is 0 Å². The van der Waals surface area contributed by atoms with Gasteiger partial charge in [0.1, 0.15) is 0 Å². The van der Waals surface area contributed by atoms with Crippen LogP contribution in [-0.2, 0) is 0 Å². The summed E-state index contributed by atoms with van der Waals surface area (Å²) >= 11 is 0. The van der Waals surface area contributed by atoms with Crippen LogP contribution in [0.25, 0.3) is 0 Å². The van der Waals surface area contributed by atoms with Crippen LogP contribution >= 0.6 is 0 Å². The molecule has 0 bridgehead atoms. The summed E-state index contributed by atoms with van der Waals surface area (Å²) in [5.41, 5.74) is 5.49. The van der Waals surface area contributed by atoms with Crippen LogP contribution in [0.1, 0.15) is 27.2 Å². The van der Waals surface area contributed by atoms with E-state index in [4.69, 9.17) is 16.0 Å². The number of aliphatic hydroxyl groups is 1. The normalized spacial score (nSPS) is 17.1. The van der Waals surface area contributed by atoms with Crippen molar-refractivity contribution in [3.05, 3.63) is 0 Å². The van der Waals surface area contributed by atoms with E-state index in [0.29, 0.717) is 5.92 Å². The fourth-order valence-corrected chi connectivity index (χ4v) is 1.20. The van der Waals surface area contributed by atoms with Crippen LogP contribution in [0.15, 0.2) is 5.16 Å². The molecule has 0 aromatic heterocycles. The van der Waals surface area contributed by atoms with Gasteiger partial charge in [0.25, 0.3) is 0 Å². The van der Waals surface area contributed by atoms with Crippen LogP contribution in [0, 0.1) is 5.92 Å². The Hall–Kier alpha value is -0.810. The predicted molar refractivity (Wildman–Crippen MR) is 56.3 cm³/mol. The van der Waals surface area contributed by atoms with Gasteiger partial charge in [-0.3, -0.25) is 0 Å². The minimum Gasteiger partial charge on any atom is -0.409 e. The molecule has 14 heavy (non-hydrogen) atoms. The van der Waals surface area contributed by atoms with Crippen molar-refractivity contribution in [3.63, 3.8) is 0 Å². The lowest BCUT2D eigenvalue weighted by molar-refractivity contribution is 0.205. The Labute approximate surface area is 85.0 Å². The molecule has 5 N–H and O–H groups in total. The Morgan fingerprint density at radius 1 is 1.50 bits per heavy atom. The molecule has 0 fully saturated rings. The summed E-state index contributed by atoms with van der Waals surface area (Å²) in [7, 11) is 0. The maximum atomic E-state index is 9.09. The first kappa shape index (κ1) is 13.2. The van der Waals surface area contributed by atoms with Gasteiger partial charge in [-0.05, 0) is 12.3 Å². The molecule has 0 aliphatic carbocycles. The molecule has 2 unspecified atom stereocenters. The third-order valence-corrected chi connectivity index (χ3v) is 2.30. The average Bonchev–Trinajstić information content (AvgIpc) is 2.18. The number of hydrogen-bond donors (Lipinski definition) is 4. The minimum absolute atomic E-state index is 0.0275. The second-order valence-corrected chi connectivity index (χ2v) is 3.69. The zero-order valence-electron chi connectivity index (χ0n) is 9.07. The maximum Gasteiger partial charge on any atom is 0.156 e. The minimum atomic E-state index is -0.181. The molecule has 5 nitrogen and oxygen atoms in total. The molecule has 0 aliphatic rings. The van der Waals surface area contributed by atoms with Gasteiger partial charge in [0, 0.05) is 6.04 Å². The monoisotopic (exact) mass is 203 g/mol. The summed E-state index contributed by atoms with van der Waals surface area (Å²) in [6.45, 7) is 6.00. The zero-order valence-corrected chi connectivity index (χ0v) is 9.07. The Morgan fingerprint density at radius 2 is 2.07 bits per heavy atom. The molecule has 0 saturated heterocycles. The van der Waals surface area contributed by atoms with Crippen molar-refractivity contribution in [1.82, 2.24) is 5.32 Å². The highest BCUT2D eigenvalue weighted by atomic mass is 16.4. The van der Waals surface area contributed by atoms with Crippen LogP contribution < -0.4 is 11.1 Å². The molecular weight excluding hydrogens is 182 g/mol. The molecule has 0 amide bonds. The van der Waals surface area contributed by atoms with Gasteiger partial charge in [0.15, 0.2) is 5.84 Å². The third-order valence-electron chi connectivity index (χ3n) is 2.30. The van der Waals surface area contributed by atoms with Gasteiger partial charge in [-0.15, -0.1) is 0 Å². The number of nitrogens with two attached hydrogens (primary N) is 1. The highest BCUT2D eigenvalue weighted by Crippen LogP contribution is 2.03. The van der Waals surface area contributed by atoms with Gasteiger partial charge >= 0.3 is 0 Å². The molecule has 0 aromatic carbocycles. The SMILES string of the molecule is CCC(NC(CO)C(C)C)C(N)=NO. The zero-order chi connectivity index (χ0) is 11.1. The predicted octanol–water partition coefficient (Wildman–Crippen LogP) is 0.118. The van der Waals surface area contributed by atoms with Gasteiger partial charge < -0.3 is 21.4 Å². The van der Waals surface area contributed by atoms with E-state index in [0.717, 1.165) is 6.42 Å². The van der Waals surface area contributed by atoms with Crippen molar-refractivity contribution in [3.8, 4) is 0 Å². The molecule has 0 rings (SSSR count). The highest BCUT2D eigenvalue weighted by molar-refractivity contribution is 5.85. The Balaban J connectivity index is 4.28. The van der Waals surface area contributed by atoms with Crippen LogP contribution in [0.5, 0.6) is 0 Å². The summed E-state index contributed by atoms with van der Waals surface area (Å²) in [6.07, 6.45) is 0.721. The number of hydrogen-bond acceptors (Lipinski definition) is 4. The molecule has 0 heterocycles. The lowest BCUT2D eigenvalue weighted by Gasteiger charge is -2.25. The van der Waals surface area contributed by atoms with E-state index in [1.165, 1.54) is 0 Å². The first-order valence-electron chi connectivity index (χ1n) is 4.91.